The molecule has 180 valence electrons. The number of fused-ring (bicyclic) bond motifs is 1. The average molecular weight is 464 g/mol. The van der Waals surface area contributed by atoms with Gasteiger partial charge in [0.2, 0.25) is 5.91 Å². The van der Waals surface area contributed by atoms with Crippen molar-refractivity contribution in [3.8, 4) is 17.0 Å². The van der Waals surface area contributed by atoms with Crippen LogP contribution in [-0.2, 0) is 16.0 Å². The summed E-state index contributed by atoms with van der Waals surface area (Å²) in [5, 5.41) is 5.10. The number of amides is 1. The summed E-state index contributed by atoms with van der Waals surface area (Å²) in [5.41, 5.74) is 2.54. The molecule has 4 rings (SSSR count). The Hall–Kier alpha value is -3.07. The van der Waals surface area contributed by atoms with Gasteiger partial charge in [-0.05, 0) is 35.7 Å². The van der Waals surface area contributed by atoms with Crippen LogP contribution in [0, 0.1) is 0 Å². The van der Waals surface area contributed by atoms with Gasteiger partial charge in [0.15, 0.2) is 0 Å². The van der Waals surface area contributed by atoms with Gasteiger partial charge in [-0.2, -0.15) is 0 Å². The molecule has 0 spiro atoms. The van der Waals surface area contributed by atoms with Gasteiger partial charge in [-0.25, -0.2) is 9.97 Å². The normalized spacial score (nSPS) is 14.9. The molecule has 0 bridgehead atoms. The van der Waals surface area contributed by atoms with Crippen molar-refractivity contribution in [1.29, 1.82) is 0 Å². The summed E-state index contributed by atoms with van der Waals surface area (Å²) in [6.07, 6.45) is 2.55. The Kier molecular flexibility index (Phi) is 8.05. The highest BCUT2D eigenvalue weighted by molar-refractivity contribution is 6.05. The quantitative estimate of drug-likeness (QED) is 0.522. The van der Waals surface area contributed by atoms with E-state index >= 15 is 0 Å². The first-order chi connectivity index (χ1) is 16.6. The number of rotatable bonds is 9. The van der Waals surface area contributed by atoms with Gasteiger partial charge in [-0.15, -0.1) is 0 Å². The van der Waals surface area contributed by atoms with Crippen LogP contribution in [0.15, 0.2) is 42.6 Å². The minimum absolute atomic E-state index is 0.0245. The lowest BCUT2D eigenvalue weighted by Crippen LogP contribution is -2.49. The van der Waals surface area contributed by atoms with Gasteiger partial charge in [0.25, 0.3) is 0 Å². The van der Waals surface area contributed by atoms with E-state index < -0.39 is 0 Å². The fourth-order valence-corrected chi connectivity index (χ4v) is 4.23. The molecule has 1 saturated heterocycles. The Morgan fingerprint density at radius 2 is 1.85 bits per heavy atom. The molecular formula is C26H33N5O3. The second-order valence-electron chi connectivity index (χ2n) is 8.48. The zero-order chi connectivity index (χ0) is 23.9. The summed E-state index contributed by atoms with van der Waals surface area (Å²) in [7, 11) is 3.37. The molecule has 8 nitrogen and oxygen atoms in total. The monoisotopic (exact) mass is 463 g/mol. The molecule has 1 N–H and O–H groups in total. The maximum absolute atomic E-state index is 13.0. The van der Waals surface area contributed by atoms with E-state index in [9.17, 15) is 4.79 Å². The molecule has 0 unspecified atom stereocenters. The first-order valence-electron chi connectivity index (χ1n) is 11.8. The standard InChI is InChI=1S/C26H33N5O3/c1-4-25-27-8-7-23(28-25)20-15-19-5-6-21(34-3)17-22(19)24(16-20)29-26(32)18-31-11-9-30(10-12-31)13-14-33-2/h5-8,15-17H,4,9-14,18H2,1-3H3,(H,29,32). The van der Waals surface area contributed by atoms with Crippen molar-refractivity contribution in [3.05, 3.63) is 48.4 Å². The van der Waals surface area contributed by atoms with Crippen molar-refractivity contribution in [2.24, 2.45) is 0 Å². The molecular weight excluding hydrogens is 430 g/mol. The largest absolute Gasteiger partial charge is 0.497 e. The van der Waals surface area contributed by atoms with Crippen LogP contribution in [-0.4, -0.2) is 85.8 Å². The fraction of sp³-hybridized carbons (Fsp3) is 0.423. The van der Waals surface area contributed by atoms with Crippen molar-refractivity contribution in [1.82, 2.24) is 19.8 Å². The van der Waals surface area contributed by atoms with E-state index in [1.54, 1.807) is 20.4 Å². The highest BCUT2D eigenvalue weighted by atomic mass is 16.5. The molecule has 0 aliphatic carbocycles. The highest BCUT2D eigenvalue weighted by Crippen LogP contribution is 2.33. The first kappa shape index (κ1) is 24.1. The minimum atomic E-state index is -0.0245. The molecule has 1 aliphatic rings. The van der Waals surface area contributed by atoms with Crippen LogP contribution < -0.4 is 10.1 Å². The van der Waals surface area contributed by atoms with E-state index in [0.29, 0.717) is 6.54 Å². The molecule has 1 aromatic heterocycles. The topological polar surface area (TPSA) is 79.8 Å². The van der Waals surface area contributed by atoms with Crippen molar-refractivity contribution in [2.75, 3.05) is 65.4 Å². The molecule has 2 aromatic carbocycles. The van der Waals surface area contributed by atoms with Crippen LogP contribution in [0.5, 0.6) is 5.75 Å². The number of carbonyl (C=O) groups excluding carboxylic acids is 1. The number of carbonyl (C=O) groups is 1. The van der Waals surface area contributed by atoms with E-state index in [2.05, 4.69) is 31.2 Å². The van der Waals surface area contributed by atoms with Gasteiger partial charge < -0.3 is 14.8 Å². The molecule has 0 atom stereocenters. The van der Waals surface area contributed by atoms with E-state index in [0.717, 1.165) is 85.0 Å². The minimum Gasteiger partial charge on any atom is -0.497 e. The van der Waals surface area contributed by atoms with Crippen LogP contribution in [0.3, 0.4) is 0 Å². The summed E-state index contributed by atoms with van der Waals surface area (Å²) < 4.78 is 10.6. The predicted molar refractivity (Wildman–Crippen MR) is 134 cm³/mol. The van der Waals surface area contributed by atoms with Crippen molar-refractivity contribution in [2.45, 2.75) is 13.3 Å². The number of anilines is 1. The Balaban J connectivity index is 1.54. The van der Waals surface area contributed by atoms with Crippen LogP contribution in [0.2, 0.25) is 0 Å². The lowest BCUT2D eigenvalue weighted by atomic mass is 10.0. The molecule has 34 heavy (non-hydrogen) atoms. The Morgan fingerprint density at radius 3 is 2.59 bits per heavy atom. The zero-order valence-electron chi connectivity index (χ0n) is 20.2. The van der Waals surface area contributed by atoms with Crippen molar-refractivity contribution in [3.63, 3.8) is 0 Å². The number of hydrogen-bond donors (Lipinski definition) is 1. The number of aryl methyl sites for hydroxylation is 1. The number of benzene rings is 2. The molecule has 8 heteroatoms. The Labute approximate surface area is 200 Å². The Morgan fingerprint density at radius 1 is 1.06 bits per heavy atom. The maximum atomic E-state index is 13.0. The van der Waals surface area contributed by atoms with E-state index in [1.807, 2.05) is 37.3 Å². The molecule has 0 saturated carbocycles. The molecule has 1 aliphatic heterocycles. The van der Waals surface area contributed by atoms with Crippen molar-refractivity contribution >= 4 is 22.4 Å². The summed E-state index contributed by atoms with van der Waals surface area (Å²) in [5.74, 6) is 1.52. The lowest BCUT2D eigenvalue weighted by Gasteiger charge is -2.34. The number of aromatic nitrogens is 2. The second-order valence-corrected chi connectivity index (χ2v) is 8.48. The number of methoxy groups -OCH3 is 2. The summed E-state index contributed by atoms with van der Waals surface area (Å²) in [6, 6.07) is 11.9. The van der Waals surface area contributed by atoms with Crippen LogP contribution in [0.25, 0.3) is 22.0 Å². The third kappa shape index (κ3) is 5.88. The van der Waals surface area contributed by atoms with Gasteiger partial charge in [0.05, 0.1) is 26.0 Å². The molecule has 0 radical (unpaired) electrons. The molecule has 2 heterocycles. The summed E-state index contributed by atoms with van der Waals surface area (Å²) >= 11 is 0. The number of piperazine rings is 1. The van der Waals surface area contributed by atoms with E-state index in [-0.39, 0.29) is 5.91 Å². The zero-order valence-corrected chi connectivity index (χ0v) is 20.2. The second kappa shape index (κ2) is 11.4. The van der Waals surface area contributed by atoms with Crippen LogP contribution >= 0.6 is 0 Å². The van der Waals surface area contributed by atoms with Crippen LogP contribution in [0.1, 0.15) is 12.7 Å². The third-order valence-electron chi connectivity index (χ3n) is 6.20. The Bertz CT molecular complexity index is 1130. The SMILES string of the molecule is CCc1nccc(-c2cc(NC(=O)CN3CCN(CCOC)CC3)c3cc(OC)ccc3c2)n1. The maximum Gasteiger partial charge on any atom is 0.238 e. The predicted octanol–water partition coefficient (Wildman–Crippen LogP) is 3.07. The number of hydrogen-bond acceptors (Lipinski definition) is 7. The number of nitrogens with one attached hydrogen (secondary N) is 1. The van der Waals surface area contributed by atoms with Crippen LogP contribution in [0.4, 0.5) is 5.69 Å². The molecule has 1 fully saturated rings. The lowest BCUT2D eigenvalue weighted by molar-refractivity contribution is -0.117. The van der Waals surface area contributed by atoms with Gasteiger partial charge in [-0.1, -0.05) is 13.0 Å². The van der Waals surface area contributed by atoms with Gasteiger partial charge >= 0.3 is 0 Å². The van der Waals surface area contributed by atoms with Gasteiger partial charge in [-0.3, -0.25) is 14.6 Å². The first-order valence-corrected chi connectivity index (χ1v) is 11.8. The number of nitrogens with zero attached hydrogens (tertiary/aromatic N) is 4. The third-order valence-corrected chi connectivity index (χ3v) is 6.20. The highest BCUT2D eigenvalue weighted by Gasteiger charge is 2.19. The van der Waals surface area contributed by atoms with E-state index in [1.165, 1.54) is 0 Å². The average Bonchev–Trinajstić information content (AvgIpc) is 2.88. The fourth-order valence-electron chi connectivity index (χ4n) is 4.23. The van der Waals surface area contributed by atoms with Gasteiger partial charge in [0, 0.05) is 69.1 Å². The smallest absolute Gasteiger partial charge is 0.238 e. The van der Waals surface area contributed by atoms with Crippen molar-refractivity contribution < 1.29 is 14.3 Å². The summed E-state index contributed by atoms with van der Waals surface area (Å²) in [4.78, 5) is 26.6. The van der Waals surface area contributed by atoms with Gasteiger partial charge in [0.1, 0.15) is 11.6 Å². The molecule has 3 aromatic rings. The van der Waals surface area contributed by atoms with E-state index in [4.69, 9.17) is 9.47 Å². The molecule has 1 amide bonds. The summed E-state index contributed by atoms with van der Waals surface area (Å²) in [6.45, 7) is 7.69. The number of ether oxygens (including phenoxy) is 2.